The van der Waals surface area contributed by atoms with Crippen LogP contribution in [-0.2, 0) is 0 Å². The van der Waals surface area contributed by atoms with E-state index in [1.165, 1.54) is 11.1 Å². The first-order valence-corrected chi connectivity index (χ1v) is 6.85. The van der Waals surface area contributed by atoms with Crippen LogP contribution >= 0.6 is 15.9 Å². The van der Waals surface area contributed by atoms with E-state index >= 15 is 0 Å². The van der Waals surface area contributed by atoms with E-state index in [0.29, 0.717) is 5.56 Å². The van der Waals surface area contributed by atoms with Gasteiger partial charge in [-0.1, -0.05) is 28.1 Å². The number of aryl methyl sites for hydroxylation is 3. The summed E-state index contributed by atoms with van der Waals surface area (Å²) in [5.41, 5.74) is 5.97. The Labute approximate surface area is 122 Å². The van der Waals surface area contributed by atoms with Gasteiger partial charge in [-0.05, 0) is 55.7 Å². The van der Waals surface area contributed by atoms with Crippen LogP contribution in [0.3, 0.4) is 0 Å². The Morgan fingerprint density at radius 1 is 1.05 bits per heavy atom. The van der Waals surface area contributed by atoms with Crippen LogP contribution < -0.4 is 5.32 Å². The molecule has 0 heterocycles. The third kappa shape index (κ3) is 2.80. The van der Waals surface area contributed by atoms with E-state index in [4.69, 9.17) is 0 Å². The first-order valence-electron chi connectivity index (χ1n) is 6.06. The number of halogens is 1. The number of rotatable bonds is 2. The number of hydrogen-bond acceptors (Lipinski definition) is 2. The summed E-state index contributed by atoms with van der Waals surface area (Å²) in [6.07, 6.45) is 0. The van der Waals surface area contributed by atoms with Crippen LogP contribution in [0.25, 0.3) is 0 Å². The molecule has 0 amide bonds. The molecule has 0 spiro atoms. The van der Waals surface area contributed by atoms with Crippen LogP contribution in [0.5, 0.6) is 0 Å². The number of nitrogens with zero attached hydrogens (tertiary/aromatic N) is 1. The zero-order valence-electron chi connectivity index (χ0n) is 11.2. The molecule has 0 atom stereocenters. The summed E-state index contributed by atoms with van der Waals surface area (Å²) in [6.45, 7) is 6.12. The fourth-order valence-electron chi connectivity index (χ4n) is 2.09. The van der Waals surface area contributed by atoms with Gasteiger partial charge in [-0.3, -0.25) is 0 Å². The van der Waals surface area contributed by atoms with Gasteiger partial charge in [-0.15, -0.1) is 0 Å². The predicted molar refractivity (Wildman–Crippen MR) is 82.8 cm³/mol. The van der Waals surface area contributed by atoms with Crippen molar-refractivity contribution in [3.8, 4) is 6.07 Å². The lowest BCUT2D eigenvalue weighted by atomic mass is 10.1. The minimum atomic E-state index is 0.665. The first kappa shape index (κ1) is 13.6. The number of anilines is 2. The highest BCUT2D eigenvalue weighted by molar-refractivity contribution is 9.10. The predicted octanol–water partition coefficient (Wildman–Crippen LogP) is 4.99. The third-order valence-electron chi connectivity index (χ3n) is 3.10. The van der Waals surface area contributed by atoms with Crippen LogP contribution in [0.15, 0.2) is 34.8 Å². The van der Waals surface area contributed by atoms with Gasteiger partial charge in [-0.25, -0.2) is 0 Å². The number of nitrogens with one attached hydrogen (secondary N) is 1. The normalized spacial score (nSPS) is 10.1. The Bertz CT molecular complexity index is 646. The minimum absolute atomic E-state index is 0.665. The van der Waals surface area contributed by atoms with E-state index in [2.05, 4.69) is 53.3 Å². The summed E-state index contributed by atoms with van der Waals surface area (Å²) in [7, 11) is 0. The summed E-state index contributed by atoms with van der Waals surface area (Å²) in [5, 5.41) is 12.5. The zero-order valence-corrected chi connectivity index (χ0v) is 12.8. The van der Waals surface area contributed by atoms with Gasteiger partial charge >= 0.3 is 0 Å². The van der Waals surface area contributed by atoms with E-state index in [1.54, 1.807) is 0 Å². The standard InChI is InChI=1S/C16H15BrN2/c1-10-5-4-6-13(9-18)16(10)19-14-7-11(2)15(17)12(3)8-14/h4-8,19H,1-3H3. The molecule has 0 aliphatic rings. The third-order valence-corrected chi connectivity index (χ3v) is 4.35. The second-order valence-corrected chi connectivity index (χ2v) is 5.45. The molecule has 1 N–H and O–H groups in total. The molecule has 2 aromatic rings. The van der Waals surface area contributed by atoms with Crippen LogP contribution in [0.1, 0.15) is 22.3 Å². The van der Waals surface area contributed by atoms with Crippen molar-refractivity contribution in [1.29, 1.82) is 5.26 Å². The lowest BCUT2D eigenvalue weighted by Gasteiger charge is -2.13. The Hall–Kier alpha value is -1.79. The van der Waals surface area contributed by atoms with Gasteiger partial charge in [0.25, 0.3) is 0 Å². The quantitative estimate of drug-likeness (QED) is 0.847. The van der Waals surface area contributed by atoms with Crippen molar-refractivity contribution in [3.63, 3.8) is 0 Å². The van der Waals surface area contributed by atoms with Crippen LogP contribution in [0.2, 0.25) is 0 Å². The Morgan fingerprint density at radius 3 is 2.26 bits per heavy atom. The van der Waals surface area contributed by atoms with E-state index in [9.17, 15) is 5.26 Å². The monoisotopic (exact) mass is 314 g/mol. The van der Waals surface area contributed by atoms with Gasteiger partial charge in [-0.2, -0.15) is 5.26 Å². The molecule has 0 bridgehead atoms. The van der Waals surface area contributed by atoms with Gasteiger partial charge in [0.15, 0.2) is 0 Å². The Balaban J connectivity index is 2.45. The molecular weight excluding hydrogens is 300 g/mol. The van der Waals surface area contributed by atoms with Crippen molar-refractivity contribution in [2.24, 2.45) is 0 Å². The lowest BCUT2D eigenvalue weighted by molar-refractivity contribution is 1.32. The molecule has 2 rings (SSSR count). The van der Waals surface area contributed by atoms with Crippen molar-refractivity contribution in [2.75, 3.05) is 5.32 Å². The number of nitriles is 1. The molecule has 3 heteroatoms. The minimum Gasteiger partial charge on any atom is -0.354 e. The number of hydrogen-bond donors (Lipinski definition) is 1. The van der Waals surface area contributed by atoms with Gasteiger partial charge in [0.1, 0.15) is 6.07 Å². The second kappa shape index (κ2) is 5.46. The van der Waals surface area contributed by atoms with Crippen molar-refractivity contribution in [3.05, 3.63) is 57.1 Å². The molecule has 0 radical (unpaired) electrons. The SMILES string of the molecule is Cc1cc(Nc2c(C)cccc2C#N)cc(C)c1Br. The molecule has 0 saturated heterocycles. The Kier molecular flexibility index (Phi) is 3.92. The summed E-state index contributed by atoms with van der Waals surface area (Å²) in [6, 6.07) is 12.1. The summed E-state index contributed by atoms with van der Waals surface area (Å²) in [4.78, 5) is 0. The fraction of sp³-hybridized carbons (Fsp3) is 0.188. The molecule has 0 aliphatic carbocycles. The molecule has 96 valence electrons. The summed E-state index contributed by atoms with van der Waals surface area (Å²) < 4.78 is 1.13. The van der Waals surface area contributed by atoms with Crippen molar-refractivity contribution >= 4 is 27.3 Å². The zero-order chi connectivity index (χ0) is 14.0. The van der Waals surface area contributed by atoms with Crippen LogP contribution in [0.4, 0.5) is 11.4 Å². The van der Waals surface area contributed by atoms with E-state index < -0.39 is 0 Å². The van der Waals surface area contributed by atoms with E-state index in [0.717, 1.165) is 21.4 Å². The topological polar surface area (TPSA) is 35.8 Å². The molecule has 0 fully saturated rings. The van der Waals surface area contributed by atoms with Gasteiger partial charge in [0.05, 0.1) is 11.3 Å². The van der Waals surface area contributed by atoms with E-state index in [-0.39, 0.29) is 0 Å². The number of benzene rings is 2. The van der Waals surface area contributed by atoms with Crippen molar-refractivity contribution in [1.82, 2.24) is 0 Å². The van der Waals surface area contributed by atoms with Gasteiger partial charge in [0, 0.05) is 10.2 Å². The average molecular weight is 315 g/mol. The smallest absolute Gasteiger partial charge is 0.101 e. The maximum Gasteiger partial charge on any atom is 0.101 e. The van der Waals surface area contributed by atoms with Crippen LogP contribution in [-0.4, -0.2) is 0 Å². The maximum absolute atomic E-state index is 9.18. The largest absolute Gasteiger partial charge is 0.354 e. The molecule has 0 aromatic heterocycles. The molecule has 0 unspecified atom stereocenters. The van der Waals surface area contributed by atoms with Crippen molar-refractivity contribution < 1.29 is 0 Å². The molecule has 0 aliphatic heterocycles. The highest BCUT2D eigenvalue weighted by atomic mass is 79.9. The summed E-state index contributed by atoms with van der Waals surface area (Å²) >= 11 is 3.56. The lowest BCUT2D eigenvalue weighted by Crippen LogP contribution is -1.98. The fourth-order valence-corrected chi connectivity index (χ4v) is 2.32. The molecule has 0 saturated carbocycles. The molecule has 2 nitrogen and oxygen atoms in total. The maximum atomic E-state index is 9.18. The van der Waals surface area contributed by atoms with E-state index in [1.807, 2.05) is 25.1 Å². The summed E-state index contributed by atoms with van der Waals surface area (Å²) in [5.74, 6) is 0. The molecule has 2 aromatic carbocycles. The van der Waals surface area contributed by atoms with Gasteiger partial charge in [0.2, 0.25) is 0 Å². The Morgan fingerprint density at radius 2 is 1.68 bits per heavy atom. The van der Waals surface area contributed by atoms with Crippen LogP contribution in [0, 0.1) is 32.1 Å². The highest BCUT2D eigenvalue weighted by Gasteiger charge is 2.07. The molecule has 19 heavy (non-hydrogen) atoms. The highest BCUT2D eigenvalue weighted by Crippen LogP contribution is 2.29. The number of para-hydroxylation sites is 1. The average Bonchev–Trinajstić information content (AvgIpc) is 2.38. The van der Waals surface area contributed by atoms with Crippen molar-refractivity contribution in [2.45, 2.75) is 20.8 Å². The first-order chi connectivity index (χ1) is 9.02. The van der Waals surface area contributed by atoms with Gasteiger partial charge < -0.3 is 5.32 Å². The second-order valence-electron chi connectivity index (χ2n) is 4.66. The molecular formula is C16H15BrN2.